The number of thiophene rings is 1. The minimum absolute atomic E-state index is 0.339. The van der Waals surface area contributed by atoms with Gasteiger partial charge in [-0.25, -0.2) is 0 Å². The standard InChI is InChI=1S/C17H23NS/c1-4-13-9-10-14(5-2)15(12-13)17(18-6-3)16-8-7-11-19-16/h7-12,17-18H,4-6H2,1-3H3. The van der Waals surface area contributed by atoms with E-state index in [0.29, 0.717) is 6.04 Å². The van der Waals surface area contributed by atoms with Gasteiger partial charge in [0.1, 0.15) is 0 Å². The summed E-state index contributed by atoms with van der Waals surface area (Å²) in [6.07, 6.45) is 2.19. The Morgan fingerprint density at radius 2 is 1.95 bits per heavy atom. The lowest BCUT2D eigenvalue weighted by Crippen LogP contribution is -2.22. The molecular weight excluding hydrogens is 250 g/mol. The fourth-order valence-corrected chi connectivity index (χ4v) is 3.30. The molecule has 0 aliphatic rings. The van der Waals surface area contributed by atoms with Crippen molar-refractivity contribution in [2.24, 2.45) is 0 Å². The molecule has 1 N–H and O–H groups in total. The average molecular weight is 273 g/mol. The topological polar surface area (TPSA) is 12.0 Å². The van der Waals surface area contributed by atoms with Gasteiger partial charge in [-0.15, -0.1) is 11.3 Å². The van der Waals surface area contributed by atoms with Crippen LogP contribution in [0.1, 0.15) is 48.4 Å². The van der Waals surface area contributed by atoms with Gasteiger partial charge in [-0.05, 0) is 47.5 Å². The molecule has 1 unspecified atom stereocenters. The van der Waals surface area contributed by atoms with Gasteiger partial charge in [-0.2, -0.15) is 0 Å². The fourth-order valence-electron chi connectivity index (χ4n) is 2.48. The lowest BCUT2D eigenvalue weighted by atomic mass is 9.94. The van der Waals surface area contributed by atoms with Gasteiger partial charge in [0.15, 0.2) is 0 Å². The Hall–Kier alpha value is -1.12. The number of nitrogens with one attached hydrogen (secondary N) is 1. The first kappa shape index (κ1) is 14.3. The third-order valence-electron chi connectivity index (χ3n) is 3.55. The van der Waals surface area contributed by atoms with Crippen molar-refractivity contribution in [3.8, 4) is 0 Å². The van der Waals surface area contributed by atoms with E-state index < -0.39 is 0 Å². The number of hydrogen-bond acceptors (Lipinski definition) is 2. The van der Waals surface area contributed by atoms with E-state index in [9.17, 15) is 0 Å². The second kappa shape index (κ2) is 6.88. The highest BCUT2D eigenvalue weighted by atomic mass is 32.1. The van der Waals surface area contributed by atoms with Crippen LogP contribution in [0.15, 0.2) is 35.7 Å². The maximum absolute atomic E-state index is 3.64. The van der Waals surface area contributed by atoms with Crippen molar-refractivity contribution >= 4 is 11.3 Å². The Morgan fingerprint density at radius 3 is 2.53 bits per heavy atom. The van der Waals surface area contributed by atoms with Crippen molar-refractivity contribution in [1.82, 2.24) is 5.32 Å². The van der Waals surface area contributed by atoms with Crippen molar-refractivity contribution in [3.63, 3.8) is 0 Å². The second-order valence-corrected chi connectivity index (χ2v) is 5.73. The van der Waals surface area contributed by atoms with Crippen molar-refractivity contribution in [1.29, 1.82) is 0 Å². The van der Waals surface area contributed by atoms with Crippen LogP contribution in [-0.4, -0.2) is 6.54 Å². The summed E-state index contributed by atoms with van der Waals surface area (Å²) in [5.41, 5.74) is 4.33. The second-order valence-electron chi connectivity index (χ2n) is 4.75. The van der Waals surface area contributed by atoms with E-state index in [0.717, 1.165) is 19.4 Å². The largest absolute Gasteiger partial charge is 0.306 e. The lowest BCUT2D eigenvalue weighted by Gasteiger charge is -2.21. The zero-order valence-corrected chi connectivity index (χ0v) is 12.9. The zero-order chi connectivity index (χ0) is 13.7. The number of rotatable bonds is 6. The molecule has 0 saturated heterocycles. The van der Waals surface area contributed by atoms with Crippen LogP contribution in [0.5, 0.6) is 0 Å². The van der Waals surface area contributed by atoms with Crippen LogP contribution in [0.4, 0.5) is 0 Å². The minimum atomic E-state index is 0.339. The van der Waals surface area contributed by atoms with E-state index in [1.807, 2.05) is 11.3 Å². The Morgan fingerprint density at radius 1 is 1.11 bits per heavy atom. The summed E-state index contributed by atoms with van der Waals surface area (Å²) in [6.45, 7) is 7.62. The highest BCUT2D eigenvalue weighted by Gasteiger charge is 2.17. The molecule has 2 rings (SSSR count). The smallest absolute Gasteiger partial charge is 0.0673 e. The van der Waals surface area contributed by atoms with E-state index in [2.05, 4.69) is 61.8 Å². The van der Waals surface area contributed by atoms with Crippen LogP contribution in [0.25, 0.3) is 0 Å². The molecular formula is C17H23NS. The predicted octanol–water partition coefficient (Wildman–Crippen LogP) is 4.57. The summed E-state index contributed by atoms with van der Waals surface area (Å²) in [6, 6.07) is 11.7. The monoisotopic (exact) mass is 273 g/mol. The molecule has 102 valence electrons. The Kier molecular flexibility index (Phi) is 5.17. The molecule has 0 aliphatic carbocycles. The van der Waals surface area contributed by atoms with Gasteiger partial charge in [0.2, 0.25) is 0 Å². The van der Waals surface area contributed by atoms with Gasteiger partial charge < -0.3 is 5.32 Å². The van der Waals surface area contributed by atoms with E-state index in [-0.39, 0.29) is 0 Å². The Bertz CT molecular complexity index is 502. The third kappa shape index (κ3) is 3.26. The highest BCUT2D eigenvalue weighted by Crippen LogP contribution is 2.29. The molecule has 2 heteroatoms. The average Bonchev–Trinajstić information content (AvgIpc) is 2.98. The maximum Gasteiger partial charge on any atom is 0.0673 e. The van der Waals surface area contributed by atoms with Crippen LogP contribution < -0.4 is 5.32 Å². The fraction of sp³-hybridized carbons (Fsp3) is 0.412. The lowest BCUT2D eigenvalue weighted by molar-refractivity contribution is 0.633. The van der Waals surface area contributed by atoms with E-state index in [1.54, 1.807) is 0 Å². The van der Waals surface area contributed by atoms with Gasteiger partial charge in [0.05, 0.1) is 6.04 Å². The molecule has 0 fully saturated rings. The van der Waals surface area contributed by atoms with Gasteiger partial charge in [0.25, 0.3) is 0 Å². The van der Waals surface area contributed by atoms with Crippen molar-refractivity contribution in [3.05, 3.63) is 57.3 Å². The Labute approximate surface area is 120 Å². The summed E-state index contributed by atoms with van der Waals surface area (Å²) in [7, 11) is 0. The number of aryl methyl sites for hydroxylation is 2. The normalized spacial score (nSPS) is 12.6. The van der Waals surface area contributed by atoms with Crippen molar-refractivity contribution in [2.75, 3.05) is 6.54 Å². The predicted molar refractivity (Wildman–Crippen MR) is 85.0 cm³/mol. The third-order valence-corrected chi connectivity index (χ3v) is 4.48. The summed E-state index contributed by atoms with van der Waals surface area (Å²) in [5, 5.41) is 5.80. The van der Waals surface area contributed by atoms with E-state index in [4.69, 9.17) is 0 Å². The SMILES string of the molecule is CCNC(c1cccs1)c1cc(CC)ccc1CC. The number of benzene rings is 1. The minimum Gasteiger partial charge on any atom is -0.306 e. The molecule has 0 aliphatic heterocycles. The molecule has 0 amide bonds. The Balaban J connectivity index is 2.45. The summed E-state index contributed by atoms with van der Waals surface area (Å²) < 4.78 is 0. The summed E-state index contributed by atoms with van der Waals surface area (Å²) in [4.78, 5) is 1.41. The first-order valence-corrected chi connectivity index (χ1v) is 8.06. The molecule has 0 saturated carbocycles. The van der Waals surface area contributed by atoms with Crippen LogP contribution >= 0.6 is 11.3 Å². The zero-order valence-electron chi connectivity index (χ0n) is 12.1. The molecule has 2 aromatic rings. The van der Waals surface area contributed by atoms with E-state index in [1.165, 1.54) is 21.6 Å². The van der Waals surface area contributed by atoms with Gasteiger partial charge in [0, 0.05) is 4.88 Å². The molecule has 1 aromatic carbocycles. The molecule has 0 radical (unpaired) electrons. The van der Waals surface area contributed by atoms with Crippen LogP contribution in [0.3, 0.4) is 0 Å². The molecule has 1 atom stereocenters. The van der Waals surface area contributed by atoms with E-state index >= 15 is 0 Å². The summed E-state index contributed by atoms with van der Waals surface area (Å²) in [5.74, 6) is 0. The van der Waals surface area contributed by atoms with Crippen molar-refractivity contribution in [2.45, 2.75) is 39.7 Å². The maximum atomic E-state index is 3.64. The van der Waals surface area contributed by atoms with Gasteiger partial charge in [-0.1, -0.05) is 45.0 Å². The quantitative estimate of drug-likeness (QED) is 0.813. The van der Waals surface area contributed by atoms with Gasteiger partial charge in [-0.3, -0.25) is 0 Å². The first-order valence-electron chi connectivity index (χ1n) is 7.18. The molecule has 19 heavy (non-hydrogen) atoms. The van der Waals surface area contributed by atoms with Gasteiger partial charge >= 0.3 is 0 Å². The number of hydrogen-bond donors (Lipinski definition) is 1. The van der Waals surface area contributed by atoms with Crippen LogP contribution in [0.2, 0.25) is 0 Å². The molecule has 1 nitrogen and oxygen atoms in total. The van der Waals surface area contributed by atoms with Crippen molar-refractivity contribution < 1.29 is 0 Å². The molecule has 1 aromatic heterocycles. The molecule has 0 bridgehead atoms. The summed E-state index contributed by atoms with van der Waals surface area (Å²) >= 11 is 1.84. The van der Waals surface area contributed by atoms with Crippen LogP contribution in [-0.2, 0) is 12.8 Å². The first-order chi connectivity index (χ1) is 9.30. The van der Waals surface area contributed by atoms with Crippen LogP contribution in [0, 0.1) is 0 Å². The molecule has 0 spiro atoms. The highest BCUT2D eigenvalue weighted by molar-refractivity contribution is 7.10. The molecule has 1 heterocycles.